The van der Waals surface area contributed by atoms with Crippen molar-refractivity contribution in [3.8, 4) is 5.75 Å². The van der Waals surface area contributed by atoms with E-state index in [1.807, 2.05) is 0 Å². The Morgan fingerprint density at radius 3 is 2.78 bits per heavy atom. The van der Waals surface area contributed by atoms with Gasteiger partial charge in [-0.2, -0.15) is 0 Å². The lowest BCUT2D eigenvalue weighted by atomic mass is 10.0. The number of hydrogen-bond donors (Lipinski definition) is 0. The number of hydrogen-bond acceptors (Lipinski definition) is 2. The summed E-state index contributed by atoms with van der Waals surface area (Å²) in [6.45, 7) is 2.16. The molecule has 0 radical (unpaired) electrons. The summed E-state index contributed by atoms with van der Waals surface area (Å²) < 4.78 is 24.4. The van der Waals surface area contributed by atoms with Crippen LogP contribution in [0.5, 0.6) is 5.75 Å². The maximum absolute atomic E-state index is 13.2. The van der Waals surface area contributed by atoms with Crippen LogP contribution in [0.25, 0.3) is 0 Å². The summed E-state index contributed by atoms with van der Waals surface area (Å²) in [5, 5.41) is 0. The van der Waals surface area contributed by atoms with Crippen LogP contribution in [0.15, 0.2) is 18.2 Å². The molecule has 0 aliphatic carbocycles. The molecular weight excluding hydrogens is 231 g/mol. The lowest BCUT2D eigenvalue weighted by Crippen LogP contribution is -2.11. The van der Waals surface area contributed by atoms with E-state index in [4.69, 9.17) is 9.47 Å². The van der Waals surface area contributed by atoms with Crippen LogP contribution in [0.3, 0.4) is 0 Å². The van der Waals surface area contributed by atoms with Gasteiger partial charge in [0.1, 0.15) is 11.6 Å². The minimum Gasteiger partial charge on any atom is -0.496 e. The molecule has 1 heterocycles. The Hall–Kier alpha value is -1.09. The van der Waals surface area contributed by atoms with Crippen molar-refractivity contribution < 1.29 is 13.9 Å². The number of halogens is 1. The number of rotatable bonds is 5. The van der Waals surface area contributed by atoms with Crippen molar-refractivity contribution in [2.24, 2.45) is 0 Å². The van der Waals surface area contributed by atoms with Gasteiger partial charge >= 0.3 is 0 Å². The maximum atomic E-state index is 13.2. The van der Waals surface area contributed by atoms with Crippen LogP contribution in [0.2, 0.25) is 0 Å². The van der Waals surface area contributed by atoms with Crippen LogP contribution in [0.1, 0.15) is 38.2 Å². The Balaban J connectivity index is 1.92. The van der Waals surface area contributed by atoms with Gasteiger partial charge in [-0.3, -0.25) is 0 Å². The molecule has 18 heavy (non-hydrogen) atoms. The fourth-order valence-corrected chi connectivity index (χ4v) is 2.55. The summed E-state index contributed by atoms with van der Waals surface area (Å²) in [6.07, 6.45) is 5.85. The molecule has 0 aromatic heterocycles. The van der Waals surface area contributed by atoms with Crippen LogP contribution >= 0.6 is 0 Å². The van der Waals surface area contributed by atoms with E-state index in [0.29, 0.717) is 12.2 Å². The molecular formula is C15H21FO2. The molecule has 2 atom stereocenters. The topological polar surface area (TPSA) is 18.5 Å². The standard InChI is InChI=1S/C15H21FO2/c1-3-13-7-8-14(18-13)6-4-11-10-12(16)5-9-15(11)17-2/h5,9-10,13-14H,3-4,6-8H2,1-2H3. The molecule has 0 N–H and O–H groups in total. The molecule has 1 saturated heterocycles. The quantitative estimate of drug-likeness (QED) is 0.795. The molecule has 0 amide bonds. The predicted octanol–water partition coefficient (Wildman–Crippen LogP) is 3.72. The van der Waals surface area contributed by atoms with Crippen molar-refractivity contribution in [2.75, 3.05) is 7.11 Å². The number of ether oxygens (including phenoxy) is 2. The van der Waals surface area contributed by atoms with Crippen molar-refractivity contribution >= 4 is 0 Å². The van der Waals surface area contributed by atoms with Crippen molar-refractivity contribution in [3.05, 3.63) is 29.6 Å². The van der Waals surface area contributed by atoms with Crippen LogP contribution in [0, 0.1) is 5.82 Å². The highest BCUT2D eigenvalue weighted by Crippen LogP contribution is 2.27. The van der Waals surface area contributed by atoms with E-state index >= 15 is 0 Å². The normalized spacial score (nSPS) is 23.3. The molecule has 2 rings (SSSR count). The minimum atomic E-state index is -0.204. The highest BCUT2D eigenvalue weighted by Gasteiger charge is 2.23. The average Bonchev–Trinajstić information content (AvgIpc) is 2.84. The third-order valence-electron chi connectivity index (χ3n) is 3.63. The van der Waals surface area contributed by atoms with Crippen molar-refractivity contribution in [2.45, 2.75) is 51.2 Å². The molecule has 1 aliphatic rings. The largest absolute Gasteiger partial charge is 0.496 e. The Morgan fingerprint density at radius 1 is 1.33 bits per heavy atom. The average molecular weight is 252 g/mol. The van der Waals surface area contributed by atoms with Gasteiger partial charge in [-0.25, -0.2) is 4.39 Å². The first kappa shape index (κ1) is 13.3. The van der Waals surface area contributed by atoms with Crippen molar-refractivity contribution in [1.29, 1.82) is 0 Å². The molecule has 1 aromatic rings. The van der Waals surface area contributed by atoms with E-state index in [1.54, 1.807) is 19.2 Å². The van der Waals surface area contributed by atoms with Gasteiger partial charge in [0.2, 0.25) is 0 Å². The molecule has 1 fully saturated rings. The molecule has 1 aromatic carbocycles. The summed E-state index contributed by atoms with van der Waals surface area (Å²) >= 11 is 0. The second-order valence-electron chi connectivity index (χ2n) is 4.86. The zero-order valence-electron chi connectivity index (χ0n) is 11.1. The van der Waals surface area contributed by atoms with E-state index in [0.717, 1.165) is 43.4 Å². The number of benzene rings is 1. The van der Waals surface area contributed by atoms with Crippen molar-refractivity contribution in [3.63, 3.8) is 0 Å². The lowest BCUT2D eigenvalue weighted by molar-refractivity contribution is 0.0390. The van der Waals surface area contributed by atoms with Gasteiger partial charge in [0.25, 0.3) is 0 Å². The van der Waals surface area contributed by atoms with Crippen LogP contribution in [-0.4, -0.2) is 19.3 Å². The third-order valence-corrected chi connectivity index (χ3v) is 3.63. The second-order valence-corrected chi connectivity index (χ2v) is 4.86. The first-order valence-corrected chi connectivity index (χ1v) is 6.70. The highest BCUT2D eigenvalue weighted by atomic mass is 19.1. The smallest absolute Gasteiger partial charge is 0.123 e. The van der Waals surface area contributed by atoms with Gasteiger partial charge in [-0.15, -0.1) is 0 Å². The second kappa shape index (κ2) is 6.19. The van der Waals surface area contributed by atoms with Gasteiger partial charge in [-0.05, 0) is 55.9 Å². The third kappa shape index (κ3) is 3.22. The van der Waals surface area contributed by atoms with Crippen LogP contribution < -0.4 is 4.74 Å². The molecule has 0 saturated carbocycles. The van der Waals surface area contributed by atoms with Gasteiger partial charge in [0.05, 0.1) is 19.3 Å². The monoisotopic (exact) mass is 252 g/mol. The van der Waals surface area contributed by atoms with Gasteiger partial charge in [-0.1, -0.05) is 6.92 Å². The van der Waals surface area contributed by atoms with Gasteiger partial charge in [0.15, 0.2) is 0 Å². The SMILES string of the molecule is CCC1CCC(CCc2cc(F)ccc2OC)O1. The maximum Gasteiger partial charge on any atom is 0.123 e. The molecule has 3 heteroatoms. The molecule has 0 spiro atoms. The zero-order valence-corrected chi connectivity index (χ0v) is 11.1. The molecule has 0 bridgehead atoms. The first-order chi connectivity index (χ1) is 8.72. The summed E-state index contributed by atoms with van der Waals surface area (Å²) in [5.74, 6) is 0.561. The van der Waals surface area contributed by atoms with Crippen LogP contribution in [0.4, 0.5) is 4.39 Å². The van der Waals surface area contributed by atoms with E-state index in [-0.39, 0.29) is 5.82 Å². The Kier molecular flexibility index (Phi) is 4.59. The van der Waals surface area contributed by atoms with Crippen molar-refractivity contribution in [1.82, 2.24) is 0 Å². The molecule has 1 aliphatic heterocycles. The molecule has 2 unspecified atom stereocenters. The highest BCUT2D eigenvalue weighted by molar-refractivity contribution is 5.34. The summed E-state index contributed by atoms with van der Waals surface area (Å²) in [7, 11) is 1.62. The predicted molar refractivity (Wildman–Crippen MR) is 69.5 cm³/mol. The van der Waals surface area contributed by atoms with Gasteiger partial charge < -0.3 is 9.47 Å². The summed E-state index contributed by atoms with van der Waals surface area (Å²) in [4.78, 5) is 0. The fraction of sp³-hybridized carbons (Fsp3) is 0.600. The Morgan fingerprint density at radius 2 is 2.11 bits per heavy atom. The number of aryl methyl sites for hydroxylation is 1. The number of methoxy groups -OCH3 is 1. The summed E-state index contributed by atoms with van der Waals surface area (Å²) in [5.41, 5.74) is 0.932. The van der Waals surface area contributed by atoms with Gasteiger partial charge in [0, 0.05) is 0 Å². The van der Waals surface area contributed by atoms with E-state index in [2.05, 4.69) is 6.92 Å². The Bertz CT molecular complexity index is 392. The van der Waals surface area contributed by atoms with Crippen LogP contribution in [-0.2, 0) is 11.2 Å². The lowest BCUT2D eigenvalue weighted by Gasteiger charge is -2.13. The fourth-order valence-electron chi connectivity index (χ4n) is 2.55. The minimum absolute atomic E-state index is 0.204. The first-order valence-electron chi connectivity index (χ1n) is 6.70. The van der Waals surface area contributed by atoms with E-state index in [9.17, 15) is 4.39 Å². The Labute approximate surface area is 108 Å². The van der Waals surface area contributed by atoms with E-state index in [1.165, 1.54) is 6.07 Å². The zero-order chi connectivity index (χ0) is 13.0. The molecule has 2 nitrogen and oxygen atoms in total. The van der Waals surface area contributed by atoms with E-state index < -0.39 is 0 Å². The summed E-state index contributed by atoms with van der Waals surface area (Å²) in [6, 6.07) is 4.68. The molecule has 100 valence electrons.